The number of carbonyl (C=O) groups is 3. The van der Waals surface area contributed by atoms with Crippen molar-refractivity contribution in [2.45, 2.75) is 0 Å². The predicted octanol–water partition coefficient (Wildman–Crippen LogP) is 2.22. The van der Waals surface area contributed by atoms with Crippen molar-refractivity contribution in [3.05, 3.63) is 52.0 Å². The normalized spacial score (nSPS) is 10.4. The van der Waals surface area contributed by atoms with Crippen LogP contribution in [0, 0.1) is 0 Å². The van der Waals surface area contributed by atoms with E-state index in [9.17, 15) is 14.4 Å². The molecule has 0 spiro atoms. The molecule has 2 aromatic rings. The quantitative estimate of drug-likeness (QED) is 0.338. The Morgan fingerprint density at radius 2 is 1.83 bits per heavy atom. The first-order valence-electron chi connectivity index (χ1n) is 8.45. The van der Waals surface area contributed by atoms with Crippen LogP contribution in [0.2, 0.25) is 10.0 Å². The number of ether oxygens (including phenoxy) is 2. The van der Waals surface area contributed by atoms with Crippen molar-refractivity contribution >= 4 is 52.8 Å². The number of amides is 3. The Hall–Kier alpha value is -3.30. The zero-order valence-electron chi connectivity index (χ0n) is 16.0. The number of methoxy groups -OCH3 is 1. The fraction of sp³-hybridized carbons (Fsp3) is 0.158. The lowest BCUT2D eigenvalue weighted by atomic mass is 10.2. The minimum absolute atomic E-state index is 0.287. The molecule has 0 aliphatic heterocycles. The van der Waals surface area contributed by atoms with Gasteiger partial charge in [-0.25, -0.2) is 5.43 Å². The van der Waals surface area contributed by atoms with E-state index in [4.69, 9.17) is 32.7 Å². The largest absolute Gasteiger partial charge is 0.493 e. The number of benzene rings is 2. The molecule has 30 heavy (non-hydrogen) atoms. The van der Waals surface area contributed by atoms with E-state index < -0.39 is 17.7 Å². The zero-order chi connectivity index (χ0) is 22.1. The fourth-order valence-corrected chi connectivity index (χ4v) is 2.59. The first-order chi connectivity index (χ1) is 14.3. The zero-order valence-corrected chi connectivity index (χ0v) is 17.5. The molecule has 0 aromatic heterocycles. The molecule has 158 valence electrons. The second kappa shape index (κ2) is 11.0. The highest BCUT2D eigenvalue weighted by molar-refractivity contribution is 6.36. The fourth-order valence-electron chi connectivity index (χ4n) is 2.13. The van der Waals surface area contributed by atoms with Gasteiger partial charge in [-0.3, -0.25) is 14.4 Å². The van der Waals surface area contributed by atoms with Gasteiger partial charge in [0.1, 0.15) is 0 Å². The van der Waals surface area contributed by atoms with Crippen molar-refractivity contribution < 1.29 is 23.9 Å². The van der Waals surface area contributed by atoms with Gasteiger partial charge in [0.2, 0.25) is 0 Å². The highest BCUT2D eigenvalue weighted by Gasteiger charge is 2.11. The molecule has 0 fully saturated rings. The number of rotatable bonds is 7. The third kappa shape index (κ3) is 6.64. The monoisotopic (exact) mass is 452 g/mol. The Balaban J connectivity index is 1.96. The number of anilines is 1. The van der Waals surface area contributed by atoms with Crippen LogP contribution in [-0.4, -0.2) is 44.7 Å². The van der Waals surface area contributed by atoms with Crippen LogP contribution in [0.25, 0.3) is 0 Å². The molecule has 0 aliphatic rings. The maximum atomic E-state index is 12.1. The summed E-state index contributed by atoms with van der Waals surface area (Å²) in [6, 6.07) is 9.48. The first-order valence-corrected chi connectivity index (χ1v) is 9.20. The number of hydrogen-bond donors (Lipinski definition) is 3. The number of carbonyl (C=O) groups excluding carboxylic acids is 3. The molecule has 2 aromatic carbocycles. The van der Waals surface area contributed by atoms with Crippen LogP contribution < -0.4 is 25.5 Å². The molecular weight excluding hydrogens is 435 g/mol. The van der Waals surface area contributed by atoms with Crippen LogP contribution in [0.4, 0.5) is 5.69 Å². The van der Waals surface area contributed by atoms with Crippen molar-refractivity contribution in [2.24, 2.45) is 5.10 Å². The van der Waals surface area contributed by atoms with Crippen LogP contribution in [0.3, 0.4) is 0 Å². The highest BCUT2D eigenvalue weighted by atomic mass is 35.5. The van der Waals surface area contributed by atoms with E-state index in [1.165, 1.54) is 26.4 Å². The molecule has 0 heterocycles. The molecule has 2 rings (SSSR count). The molecule has 3 amide bonds. The summed E-state index contributed by atoms with van der Waals surface area (Å²) in [4.78, 5) is 34.5. The van der Waals surface area contributed by atoms with E-state index in [-0.39, 0.29) is 6.61 Å². The van der Waals surface area contributed by atoms with Crippen LogP contribution in [-0.2, 0) is 14.4 Å². The Morgan fingerprint density at radius 1 is 1.07 bits per heavy atom. The molecule has 0 bridgehead atoms. The number of nitrogens with one attached hydrogen (secondary N) is 3. The van der Waals surface area contributed by atoms with E-state index in [2.05, 4.69) is 21.2 Å². The van der Waals surface area contributed by atoms with Gasteiger partial charge < -0.3 is 20.1 Å². The second-order valence-electron chi connectivity index (χ2n) is 5.65. The summed E-state index contributed by atoms with van der Waals surface area (Å²) in [5.74, 6) is -1.47. The number of hydrogen-bond acceptors (Lipinski definition) is 6. The highest BCUT2D eigenvalue weighted by Crippen LogP contribution is 2.28. The van der Waals surface area contributed by atoms with Crippen LogP contribution in [0.1, 0.15) is 5.56 Å². The summed E-state index contributed by atoms with van der Waals surface area (Å²) in [5.41, 5.74) is 3.05. The SMILES string of the molecule is CNC(=O)C(=O)N/N=C\c1ccc(OCC(=O)Nc2ccc(Cl)cc2Cl)c(OC)c1. The smallest absolute Gasteiger partial charge is 0.329 e. The molecule has 0 saturated heterocycles. The summed E-state index contributed by atoms with van der Waals surface area (Å²) >= 11 is 11.8. The van der Waals surface area contributed by atoms with E-state index >= 15 is 0 Å². The van der Waals surface area contributed by atoms with Crippen molar-refractivity contribution in [3.8, 4) is 11.5 Å². The predicted molar refractivity (Wildman–Crippen MR) is 113 cm³/mol. The Morgan fingerprint density at radius 3 is 2.50 bits per heavy atom. The third-order valence-corrected chi connectivity index (χ3v) is 4.11. The molecule has 0 aliphatic carbocycles. The summed E-state index contributed by atoms with van der Waals surface area (Å²) in [7, 11) is 2.77. The Labute approximate surface area is 182 Å². The Kier molecular flexibility index (Phi) is 8.45. The van der Waals surface area contributed by atoms with Crippen molar-refractivity contribution in [3.63, 3.8) is 0 Å². The number of likely N-dealkylation sites (N-methyl/N-ethyl adjacent to an activating group) is 1. The molecule has 0 radical (unpaired) electrons. The Bertz CT molecular complexity index is 981. The van der Waals surface area contributed by atoms with Crippen LogP contribution in [0.5, 0.6) is 11.5 Å². The van der Waals surface area contributed by atoms with Crippen molar-refractivity contribution in [1.82, 2.24) is 10.7 Å². The van der Waals surface area contributed by atoms with E-state index in [0.717, 1.165) is 0 Å². The summed E-state index contributed by atoms with van der Waals surface area (Å²) in [6.07, 6.45) is 1.32. The van der Waals surface area contributed by atoms with Gasteiger partial charge in [-0.05, 0) is 42.0 Å². The van der Waals surface area contributed by atoms with Crippen LogP contribution in [0.15, 0.2) is 41.5 Å². The summed E-state index contributed by atoms with van der Waals surface area (Å²) in [5, 5.41) is 9.24. The van der Waals surface area contributed by atoms with Gasteiger partial charge in [-0.1, -0.05) is 23.2 Å². The third-order valence-electron chi connectivity index (χ3n) is 3.56. The lowest BCUT2D eigenvalue weighted by Crippen LogP contribution is -2.35. The lowest BCUT2D eigenvalue weighted by Gasteiger charge is -2.12. The standard InChI is InChI=1S/C19H18Cl2N4O5/c1-22-18(27)19(28)25-23-9-11-3-6-15(16(7-11)29-2)30-10-17(26)24-14-5-4-12(20)8-13(14)21/h3-9H,10H2,1-2H3,(H,22,27)(H,24,26)(H,25,28)/b23-9-. The second-order valence-corrected chi connectivity index (χ2v) is 6.49. The molecule has 11 heteroatoms. The average Bonchev–Trinajstić information content (AvgIpc) is 2.73. The summed E-state index contributed by atoms with van der Waals surface area (Å²) in [6.45, 7) is -0.287. The maximum absolute atomic E-state index is 12.1. The molecule has 9 nitrogen and oxygen atoms in total. The molecular formula is C19H18Cl2N4O5. The van der Waals surface area contributed by atoms with Gasteiger partial charge in [-0.15, -0.1) is 0 Å². The van der Waals surface area contributed by atoms with Crippen molar-refractivity contribution in [1.29, 1.82) is 0 Å². The molecule has 0 unspecified atom stereocenters. The lowest BCUT2D eigenvalue weighted by molar-refractivity contribution is -0.138. The molecule has 0 atom stereocenters. The molecule has 0 saturated carbocycles. The van der Waals surface area contributed by atoms with Gasteiger partial charge in [0.15, 0.2) is 18.1 Å². The van der Waals surface area contributed by atoms with Gasteiger partial charge >= 0.3 is 11.8 Å². The maximum Gasteiger partial charge on any atom is 0.329 e. The van der Waals surface area contributed by atoms with Crippen LogP contribution >= 0.6 is 23.2 Å². The van der Waals surface area contributed by atoms with E-state index in [1.807, 2.05) is 0 Å². The minimum Gasteiger partial charge on any atom is -0.493 e. The van der Waals surface area contributed by atoms with Gasteiger partial charge in [0.25, 0.3) is 5.91 Å². The average molecular weight is 453 g/mol. The minimum atomic E-state index is -0.896. The van der Waals surface area contributed by atoms with E-state index in [1.54, 1.807) is 30.3 Å². The van der Waals surface area contributed by atoms with Gasteiger partial charge in [-0.2, -0.15) is 5.10 Å². The number of halogens is 2. The first kappa shape index (κ1) is 23.0. The van der Waals surface area contributed by atoms with E-state index in [0.29, 0.717) is 32.8 Å². The topological polar surface area (TPSA) is 118 Å². The number of hydrazone groups is 1. The van der Waals surface area contributed by atoms with Gasteiger partial charge in [0.05, 0.1) is 24.0 Å². The summed E-state index contributed by atoms with van der Waals surface area (Å²) < 4.78 is 10.7. The molecule has 3 N–H and O–H groups in total. The number of nitrogens with zero attached hydrogens (tertiary/aromatic N) is 1. The van der Waals surface area contributed by atoms with Crippen molar-refractivity contribution in [2.75, 3.05) is 26.1 Å². The van der Waals surface area contributed by atoms with Gasteiger partial charge in [0, 0.05) is 12.1 Å².